The summed E-state index contributed by atoms with van der Waals surface area (Å²) in [4.78, 5) is 10.1. The zero-order valence-electron chi connectivity index (χ0n) is 11.1. The minimum atomic E-state index is -3.89. The molecule has 0 radical (unpaired) electrons. The standard InChI is InChI=1S/C12H17N3O4S/c1-9-3-2-4-11(15(16)17)12(9)20(18,19)14-10-5-7-13-8-6-10/h2-4,10,13-14H,5-8H2,1H3. The van der Waals surface area contributed by atoms with Crippen LogP contribution in [0.25, 0.3) is 0 Å². The third kappa shape index (κ3) is 3.14. The largest absolute Gasteiger partial charge is 0.317 e. The van der Waals surface area contributed by atoms with E-state index in [2.05, 4.69) is 10.0 Å². The molecule has 110 valence electrons. The van der Waals surface area contributed by atoms with Gasteiger partial charge in [-0.1, -0.05) is 12.1 Å². The highest BCUT2D eigenvalue weighted by Crippen LogP contribution is 2.27. The van der Waals surface area contributed by atoms with Gasteiger partial charge in [0.25, 0.3) is 5.69 Å². The van der Waals surface area contributed by atoms with Gasteiger partial charge in [-0.25, -0.2) is 13.1 Å². The number of rotatable bonds is 4. The van der Waals surface area contributed by atoms with Crippen molar-refractivity contribution in [1.82, 2.24) is 10.0 Å². The van der Waals surface area contributed by atoms with E-state index >= 15 is 0 Å². The van der Waals surface area contributed by atoms with Gasteiger partial charge in [0.1, 0.15) is 0 Å². The summed E-state index contributed by atoms with van der Waals surface area (Å²) in [6, 6.07) is 4.07. The normalized spacial score (nSPS) is 17.1. The molecule has 0 amide bonds. The van der Waals surface area contributed by atoms with Crippen LogP contribution in [0.2, 0.25) is 0 Å². The van der Waals surface area contributed by atoms with Crippen LogP contribution < -0.4 is 10.0 Å². The van der Waals surface area contributed by atoms with Crippen LogP contribution in [0.4, 0.5) is 5.69 Å². The average molecular weight is 299 g/mol. The van der Waals surface area contributed by atoms with E-state index in [9.17, 15) is 18.5 Å². The van der Waals surface area contributed by atoms with Crippen molar-refractivity contribution in [2.75, 3.05) is 13.1 Å². The second-order valence-electron chi connectivity index (χ2n) is 4.83. The SMILES string of the molecule is Cc1cccc([N+](=O)[O-])c1S(=O)(=O)NC1CCNCC1. The maximum Gasteiger partial charge on any atom is 0.289 e. The summed E-state index contributed by atoms with van der Waals surface area (Å²) in [5.41, 5.74) is -0.00734. The topological polar surface area (TPSA) is 101 Å². The Bertz CT molecular complexity index is 609. The van der Waals surface area contributed by atoms with Crippen molar-refractivity contribution < 1.29 is 13.3 Å². The molecule has 20 heavy (non-hydrogen) atoms. The van der Waals surface area contributed by atoms with Crippen molar-refractivity contribution in [3.05, 3.63) is 33.9 Å². The average Bonchev–Trinajstić information content (AvgIpc) is 2.38. The molecular formula is C12H17N3O4S. The van der Waals surface area contributed by atoms with E-state index < -0.39 is 14.9 Å². The number of piperidine rings is 1. The molecule has 0 aliphatic carbocycles. The van der Waals surface area contributed by atoms with Crippen LogP contribution in [0.15, 0.2) is 23.1 Å². The Morgan fingerprint density at radius 2 is 2.00 bits per heavy atom. The van der Waals surface area contributed by atoms with Crippen molar-refractivity contribution in [3.63, 3.8) is 0 Å². The summed E-state index contributed by atoms with van der Waals surface area (Å²) in [7, 11) is -3.89. The first-order valence-corrected chi connectivity index (χ1v) is 7.87. The molecule has 0 saturated carbocycles. The second kappa shape index (κ2) is 5.86. The first kappa shape index (κ1) is 14.9. The lowest BCUT2D eigenvalue weighted by Crippen LogP contribution is -2.42. The van der Waals surface area contributed by atoms with Gasteiger partial charge in [-0.15, -0.1) is 0 Å². The number of benzene rings is 1. The predicted molar refractivity (Wildman–Crippen MR) is 74.0 cm³/mol. The van der Waals surface area contributed by atoms with Gasteiger partial charge in [-0.05, 0) is 38.4 Å². The molecule has 1 aliphatic rings. The van der Waals surface area contributed by atoms with E-state index in [1.54, 1.807) is 13.0 Å². The number of nitrogens with one attached hydrogen (secondary N) is 2. The molecule has 0 aromatic heterocycles. The summed E-state index contributed by atoms with van der Waals surface area (Å²) in [6.07, 6.45) is 1.36. The Hall–Kier alpha value is -1.51. The van der Waals surface area contributed by atoms with E-state index in [-0.39, 0.29) is 16.6 Å². The van der Waals surface area contributed by atoms with Gasteiger partial charge in [-0.3, -0.25) is 10.1 Å². The third-order valence-corrected chi connectivity index (χ3v) is 5.03. The van der Waals surface area contributed by atoms with Crippen molar-refractivity contribution in [3.8, 4) is 0 Å². The molecule has 1 heterocycles. The molecule has 8 heteroatoms. The molecule has 1 aliphatic heterocycles. The third-order valence-electron chi connectivity index (χ3n) is 3.32. The molecule has 2 rings (SSSR count). The van der Waals surface area contributed by atoms with Crippen molar-refractivity contribution >= 4 is 15.7 Å². The van der Waals surface area contributed by atoms with E-state index in [0.717, 1.165) is 13.1 Å². The lowest BCUT2D eigenvalue weighted by atomic mass is 10.1. The molecule has 2 N–H and O–H groups in total. The summed E-state index contributed by atoms with van der Waals surface area (Å²) >= 11 is 0. The maximum absolute atomic E-state index is 12.4. The molecule has 7 nitrogen and oxygen atoms in total. The van der Waals surface area contributed by atoms with Crippen LogP contribution in [0.3, 0.4) is 0 Å². The minimum Gasteiger partial charge on any atom is -0.317 e. The highest BCUT2D eigenvalue weighted by molar-refractivity contribution is 7.89. The molecule has 0 unspecified atom stereocenters. The summed E-state index contributed by atoms with van der Waals surface area (Å²) < 4.78 is 27.4. The van der Waals surface area contributed by atoms with E-state index in [4.69, 9.17) is 0 Å². The molecule has 1 fully saturated rings. The lowest BCUT2D eigenvalue weighted by molar-refractivity contribution is -0.387. The van der Waals surface area contributed by atoms with Crippen LogP contribution in [0.5, 0.6) is 0 Å². The van der Waals surface area contributed by atoms with Crippen molar-refractivity contribution in [2.45, 2.75) is 30.7 Å². The number of nitro groups is 1. The van der Waals surface area contributed by atoms with Gasteiger partial charge in [0, 0.05) is 12.1 Å². The van der Waals surface area contributed by atoms with Crippen LogP contribution in [-0.4, -0.2) is 32.5 Å². The van der Waals surface area contributed by atoms with Crippen molar-refractivity contribution in [1.29, 1.82) is 0 Å². The number of nitro benzene ring substituents is 1. The van der Waals surface area contributed by atoms with E-state index in [0.29, 0.717) is 18.4 Å². The minimum absolute atomic E-state index is 0.180. The van der Waals surface area contributed by atoms with Gasteiger partial charge in [0.05, 0.1) is 4.92 Å². The maximum atomic E-state index is 12.4. The monoisotopic (exact) mass is 299 g/mol. The zero-order chi connectivity index (χ0) is 14.8. The number of hydrogen-bond acceptors (Lipinski definition) is 5. The van der Waals surface area contributed by atoms with Crippen LogP contribution >= 0.6 is 0 Å². The number of sulfonamides is 1. The van der Waals surface area contributed by atoms with Gasteiger partial charge in [0.2, 0.25) is 10.0 Å². The summed E-state index contributed by atoms with van der Waals surface area (Å²) in [5, 5.41) is 14.2. The fraction of sp³-hybridized carbons (Fsp3) is 0.500. The smallest absolute Gasteiger partial charge is 0.289 e. The fourth-order valence-corrected chi connectivity index (χ4v) is 4.05. The molecule has 1 saturated heterocycles. The first-order chi connectivity index (χ1) is 9.42. The highest BCUT2D eigenvalue weighted by Gasteiger charge is 2.30. The van der Waals surface area contributed by atoms with Gasteiger partial charge < -0.3 is 5.32 Å². The van der Waals surface area contributed by atoms with Crippen LogP contribution in [-0.2, 0) is 10.0 Å². The molecule has 0 atom stereocenters. The van der Waals surface area contributed by atoms with E-state index in [1.807, 2.05) is 0 Å². The summed E-state index contributed by atoms with van der Waals surface area (Å²) in [6.45, 7) is 3.04. The quantitative estimate of drug-likeness (QED) is 0.636. The number of aryl methyl sites for hydroxylation is 1. The Balaban J connectivity index is 2.36. The lowest BCUT2D eigenvalue weighted by Gasteiger charge is -2.23. The summed E-state index contributed by atoms with van der Waals surface area (Å²) in [5.74, 6) is 0. The van der Waals surface area contributed by atoms with E-state index in [1.165, 1.54) is 12.1 Å². The van der Waals surface area contributed by atoms with Crippen LogP contribution in [0, 0.1) is 17.0 Å². The first-order valence-electron chi connectivity index (χ1n) is 6.39. The molecule has 1 aromatic rings. The fourth-order valence-electron chi connectivity index (χ4n) is 2.35. The molecule has 0 bridgehead atoms. The van der Waals surface area contributed by atoms with Gasteiger partial charge in [0.15, 0.2) is 4.90 Å². The van der Waals surface area contributed by atoms with Crippen molar-refractivity contribution in [2.24, 2.45) is 0 Å². The Morgan fingerprint density at radius 3 is 2.60 bits per heavy atom. The predicted octanol–water partition coefficient (Wildman–Crippen LogP) is 0.934. The zero-order valence-corrected chi connectivity index (χ0v) is 11.9. The molecular weight excluding hydrogens is 282 g/mol. The Morgan fingerprint density at radius 1 is 1.35 bits per heavy atom. The van der Waals surface area contributed by atoms with Crippen LogP contribution in [0.1, 0.15) is 18.4 Å². The number of nitrogens with zero attached hydrogens (tertiary/aromatic N) is 1. The second-order valence-corrected chi connectivity index (χ2v) is 6.48. The molecule has 1 aromatic carbocycles. The Kier molecular flexibility index (Phi) is 4.36. The number of hydrogen-bond donors (Lipinski definition) is 2. The molecule has 0 spiro atoms. The van der Waals surface area contributed by atoms with Gasteiger partial charge >= 0.3 is 0 Å². The Labute approximate surface area is 117 Å². The highest BCUT2D eigenvalue weighted by atomic mass is 32.2. The van der Waals surface area contributed by atoms with Gasteiger partial charge in [-0.2, -0.15) is 0 Å².